The molecule has 0 saturated carbocycles. The average molecular weight is 636 g/mol. The van der Waals surface area contributed by atoms with E-state index in [1.54, 1.807) is 24.2 Å². The molecule has 10 nitrogen and oxygen atoms in total. The molecule has 2 atom stereocenters. The summed E-state index contributed by atoms with van der Waals surface area (Å²) in [5.41, 5.74) is 0.815. The van der Waals surface area contributed by atoms with Crippen LogP contribution in [0.1, 0.15) is 37.9 Å². The van der Waals surface area contributed by atoms with Gasteiger partial charge in [-0.1, -0.05) is 32.0 Å². The molecule has 2 aliphatic rings. The minimum Gasteiger partial charge on any atom is -0.507 e. The van der Waals surface area contributed by atoms with Gasteiger partial charge < -0.3 is 19.8 Å². The topological polar surface area (TPSA) is 108 Å². The van der Waals surface area contributed by atoms with Gasteiger partial charge in [-0.15, -0.1) is 0 Å². The normalized spacial score (nSPS) is 17.9. The van der Waals surface area contributed by atoms with Crippen molar-refractivity contribution in [1.82, 2.24) is 24.4 Å². The lowest BCUT2D eigenvalue weighted by Crippen LogP contribution is -2.61. The average Bonchev–Trinajstić information content (AvgIpc) is 3.11. The predicted octanol–water partition coefficient (Wildman–Crippen LogP) is 4.95. The van der Waals surface area contributed by atoms with Gasteiger partial charge in [-0.05, 0) is 49.6 Å². The fourth-order valence-electron chi connectivity index (χ4n) is 6.46. The number of aryl methyl sites for hydroxylation is 1. The molecule has 1 N–H and O–H groups in total. The van der Waals surface area contributed by atoms with Crippen LogP contribution < -0.4 is 15.5 Å². The number of anilines is 2. The molecule has 0 aliphatic carbocycles. The van der Waals surface area contributed by atoms with Crippen molar-refractivity contribution >= 4 is 40.0 Å². The summed E-state index contributed by atoms with van der Waals surface area (Å²) >= 11 is 7.04. The van der Waals surface area contributed by atoms with E-state index in [1.807, 2.05) is 37.5 Å². The number of phenolic OH excluding ortho intramolecular Hbond substituents is 1. The predicted molar refractivity (Wildman–Crippen MR) is 170 cm³/mol. The van der Waals surface area contributed by atoms with Crippen LogP contribution >= 0.6 is 11.6 Å². The van der Waals surface area contributed by atoms with Crippen molar-refractivity contribution in [3.63, 3.8) is 0 Å². The van der Waals surface area contributed by atoms with Gasteiger partial charge in [-0.3, -0.25) is 9.78 Å². The Morgan fingerprint density at radius 3 is 2.58 bits per heavy atom. The number of halogens is 3. The molecule has 13 heteroatoms. The van der Waals surface area contributed by atoms with Crippen LogP contribution in [0.25, 0.3) is 28.0 Å². The lowest BCUT2D eigenvalue weighted by atomic mass is 10.0. The van der Waals surface area contributed by atoms with E-state index in [0.717, 1.165) is 17.7 Å². The first-order chi connectivity index (χ1) is 21.3. The van der Waals surface area contributed by atoms with Crippen molar-refractivity contribution in [3.8, 4) is 22.7 Å². The van der Waals surface area contributed by atoms with Gasteiger partial charge in [-0.2, -0.15) is 4.98 Å². The highest BCUT2D eigenvalue weighted by molar-refractivity contribution is 6.38. The van der Waals surface area contributed by atoms with E-state index >= 15 is 4.39 Å². The Hall–Kier alpha value is -4.58. The maximum absolute atomic E-state index is 15.4. The van der Waals surface area contributed by atoms with E-state index < -0.39 is 28.6 Å². The zero-order chi connectivity index (χ0) is 32.5. The summed E-state index contributed by atoms with van der Waals surface area (Å²) in [6.07, 6.45) is 2.93. The van der Waals surface area contributed by atoms with Crippen LogP contribution in [-0.2, 0) is 4.79 Å². The fraction of sp³-hybridized carbons (Fsp3) is 0.344. The van der Waals surface area contributed by atoms with E-state index in [2.05, 4.69) is 16.5 Å². The second-order valence-corrected chi connectivity index (χ2v) is 12.3. The van der Waals surface area contributed by atoms with Crippen LogP contribution in [0.15, 0.2) is 41.8 Å². The Bertz CT molecular complexity index is 1960. The van der Waals surface area contributed by atoms with Crippen LogP contribution in [0.4, 0.5) is 20.3 Å². The Labute approximate surface area is 263 Å². The van der Waals surface area contributed by atoms with E-state index in [4.69, 9.17) is 16.6 Å². The number of rotatable bonds is 4. The van der Waals surface area contributed by atoms with Gasteiger partial charge in [0.2, 0.25) is 5.91 Å². The number of hydrogen-bond donors (Lipinski definition) is 1. The summed E-state index contributed by atoms with van der Waals surface area (Å²) in [6, 6.07) is 3.04. The first-order valence-electron chi connectivity index (χ1n) is 14.6. The largest absolute Gasteiger partial charge is 0.507 e. The highest BCUT2D eigenvalue weighted by Crippen LogP contribution is 2.47. The molecular weight excluding hydrogens is 604 g/mol. The monoisotopic (exact) mass is 635 g/mol. The first-order valence-corrected chi connectivity index (χ1v) is 14.9. The number of nitrogens with zero attached hydrogens (tertiary/aromatic N) is 7. The number of fused-ring (bicyclic) bond motifs is 2. The number of aromatic hydroxyl groups is 1. The number of piperazine rings is 1. The molecule has 1 fully saturated rings. The molecule has 2 aliphatic heterocycles. The number of pyridine rings is 2. The van der Waals surface area contributed by atoms with Crippen LogP contribution in [-0.4, -0.2) is 74.2 Å². The second-order valence-electron chi connectivity index (χ2n) is 11.9. The van der Waals surface area contributed by atoms with Crippen molar-refractivity contribution in [2.24, 2.45) is 0 Å². The summed E-state index contributed by atoms with van der Waals surface area (Å²) in [4.78, 5) is 46.4. The van der Waals surface area contributed by atoms with E-state index in [1.165, 1.54) is 10.6 Å². The maximum atomic E-state index is 15.4. The molecule has 4 aromatic rings. The van der Waals surface area contributed by atoms with Crippen LogP contribution in [0.2, 0.25) is 5.02 Å². The number of hydrogen-bond acceptors (Lipinski definition) is 8. The molecule has 1 aromatic carbocycles. The SMILES string of the molecule is C=CC(=O)N1CC2CN(C)c3c(Cl)c(-c4c(O)ccc(F)c4F)nc4c3c(nc(=O)n4-c3c(C)ccnc3C(C)C)N2CC1C. The Morgan fingerprint density at radius 2 is 1.89 bits per heavy atom. The first kappa shape index (κ1) is 30.4. The van der Waals surface area contributed by atoms with Gasteiger partial charge in [-0.25, -0.2) is 23.1 Å². The fourth-order valence-corrected chi connectivity index (χ4v) is 6.84. The minimum atomic E-state index is -1.33. The van der Waals surface area contributed by atoms with E-state index in [-0.39, 0.29) is 40.3 Å². The Kier molecular flexibility index (Phi) is 7.51. The van der Waals surface area contributed by atoms with Crippen LogP contribution in [0.3, 0.4) is 0 Å². The Balaban J connectivity index is 1.76. The number of phenols is 1. The van der Waals surface area contributed by atoms with Gasteiger partial charge in [0.1, 0.15) is 17.3 Å². The third kappa shape index (κ3) is 4.70. The van der Waals surface area contributed by atoms with Crippen molar-refractivity contribution in [3.05, 3.63) is 75.4 Å². The standard InChI is InChI=1S/C32H32ClF2N7O3/c1-7-21(44)40-14-18-13-39(6)29-23-30(41(18)12-17(40)5)38-32(45)42(28-16(4)10-11-36-26(28)15(2)3)31(23)37-27(24(29)33)22-20(43)9-8-19(34)25(22)35/h7-11,15,17-18,43H,1,12-14H2,2-6H3. The van der Waals surface area contributed by atoms with Crippen LogP contribution in [0, 0.1) is 18.6 Å². The summed E-state index contributed by atoms with van der Waals surface area (Å²) in [5, 5.41) is 11.1. The highest BCUT2D eigenvalue weighted by atomic mass is 35.5. The van der Waals surface area contributed by atoms with Gasteiger partial charge in [0.25, 0.3) is 0 Å². The molecule has 1 amide bonds. The van der Waals surface area contributed by atoms with E-state index in [0.29, 0.717) is 47.9 Å². The molecular formula is C32H32ClF2N7O3. The maximum Gasteiger partial charge on any atom is 0.355 e. The summed E-state index contributed by atoms with van der Waals surface area (Å²) in [6.45, 7) is 12.3. The molecule has 0 radical (unpaired) electrons. The van der Waals surface area contributed by atoms with Crippen molar-refractivity contribution < 1.29 is 18.7 Å². The molecule has 234 valence electrons. The lowest BCUT2D eigenvalue weighted by Gasteiger charge is -2.45. The van der Waals surface area contributed by atoms with Crippen molar-refractivity contribution in [1.29, 1.82) is 0 Å². The Morgan fingerprint density at radius 1 is 1.16 bits per heavy atom. The molecule has 5 heterocycles. The molecule has 0 spiro atoms. The third-order valence-electron chi connectivity index (χ3n) is 8.59. The third-order valence-corrected chi connectivity index (χ3v) is 8.95. The number of benzene rings is 1. The molecule has 6 rings (SSSR count). The molecule has 0 bridgehead atoms. The second kappa shape index (κ2) is 11.1. The number of likely N-dealkylation sites (N-methyl/N-ethyl adjacent to an activating group) is 1. The minimum absolute atomic E-state index is 0.0584. The molecule has 2 unspecified atom stereocenters. The summed E-state index contributed by atoms with van der Waals surface area (Å²) < 4.78 is 31.3. The zero-order valence-corrected chi connectivity index (χ0v) is 26.2. The molecule has 3 aromatic heterocycles. The van der Waals surface area contributed by atoms with E-state index in [9.17, 15) is 19.1 Å². The number of carbonyl (C=O) groups is 1. The quantitative estimate of drug-likeness (QED) is 0.314. The van der Waals surface area contributed by atoms with Crippen LogP contribution in [0.5, 0.6) is 5.75 Å². The summed E-state index contributed by atoms with van der Waals surface area (Å²) in [7, 11) is 1.78. The number of aromatic nitrogens is 4. The van der Waals surface area contributed by atoms with Gasteiger partial charge >= 0.3 is 5.69 Å². The number of amides is 1. The van der Waals surface area contributed by atoms with Crippen molar-refractivity contribution in [2.45, 2.75) is 45.7 Å². The number of carbonyl (C=O) groups excluding carboxylic acids is 1. The van der Waals surface area contributed by atoms with Gasteiger partial charge in [0.15, 0.2) is 17.3 Å². The van der Waals surface area contributed by atoms with Gasteiger partial charge in [0, 0.05) is 38.9 Å². The molecule has 45 heavy (non-hydrogen) atoms. The van der Waals surface area contributed by atoms with Gasteiger partial charge in [0.05, 0.1) is 39.1 Å². The summed E-state index contributed by atoms with van der Waals surface area (Å²) in [5.74, 6) is -3.11. The smallest absolute Gasteiger partial charge is 0.355 e. The highest BCUT2D eigenvalue weighted by Gasteiger charge is 2.40. The zero-order valence-electron chi connectivity index (χ0n) is 25.5. The van der Waals surface area contributed by atoms with Crippen molar-refractivity contribution in [2.75, 3.05) is 36.5 Å². The molecule has 1 saturated heterocycles. The lowest BCUT2D eigenvalue weighted by molar-refractivity contribution is -0.128.